The minimum Gasteiger partial charge on any atom is -0.391 e. The standard InChI is InChI=1S/C17H21BFNO4/c1-9-5-14(21)17(23)18(20(24)15(22)6-9)13-8-12(11-3-4-11)7-10(2)16(13)19/h7-9,11,17,23-24H,3-6H2,1-2H3. The van der Waals surface area contributed by atoms with E-state index in [9.17, 15) is 24.3 Å². The van der Waals surface area contributed by atoms with E-state index in [2.05, 4.69) is 0 Å². The molecule has 1 saturated carbocycles. The molecule has 128 valence electrons. The van der Waals surface area contributed by atoms with Crippen LogP contribution in [-0.2, 0) is 9.59 Å². The molecule has 1 aliphatic carbocycles. The summed E-state index contributed by atoms with van der Waals surface area (Å²) < 4.78 is 14.7. The van der Waals surface area contributed by atoms with Crippen LogP contribution in [0.4, 0.5) is 4.39 Å². The molecule has 2 atom stereocenters. The van der Waals surface area contributed by atoms with E-state index in [0.717, 1.165) is 18.4 Å². The van der Waals surface area contributed by atoms with E-state index in [0.29, 0.717) is 16.5 Å². The van der Waals surface area contributed by atoms with Crippen molar-refractivity contribution in [3.8, 4) is 0 Å². The molecule has 3 rings (SSSR count). The Hall–Kier alpha value is -1.73. The van der Waals surface area contributed by atoms with Crippen LogP contribution in [0.1, 0.15) is 49.7 Å². The smallest absolute Gasteiger partial charge is 0.365 e. The largest absolute Gasteiger partial charge is 0.391 e. The molecular formula is C17H21BFNO4. The lowest BCUT2D eigenvalue weighted by Crippen LogP contribution is -2.61. The number of halogens is 1. The Kier molecular flexibility index (Phi) is 4.49. The number of Topliss-reactive ketones (excluding diaryl/α,β-unsaturated/α-hetero) is 1. The number of nitrogens with zero attached hydrogens (tertiary/aromatic N) is 1. The summed E-state index contributed by atoms with van der Waals surface area (Å²) in [6.45, 7) is 1.90. The van der Waals surface area contributed by atoms with Crippen LogP contribution in [0.2, 0.25) is 0 Å². The zero-order valence-electron chi connectivity index (χ0n) is 13.8. The van der Waals surface area contributed by atoms with Gasteiger partial charge in [-0.15, -0.1) is 0 Å². The number of benzene rings is 1. The first-order chi connectivity index (χ1) is 11.3. The second kappa shape index (κ2) is 6.29. The van der Waals surface area contributed by atoms with Crippen molar-refractivity contribution in [2.75, 3.05) is 0 Å². The van der Waals surface area contributed by atoms with Crippen LogP contribution in [0.25, 0.3) is 0 Å². The lowest BCUT2D eigenvalue weighted by atomic mass is 9.48. The number of hydrogen-bond donors (Lipinski definition) is 2. The zero-order valence-corrected chi connectivity index (χ0v) is 13.8. The maximum absolute atomic E-state index is 14.7. The number of hydrogen-bond acceptors (Lipinski definition) is 4. The van der Waals surface area contributed by atoms with E-state index < -0.39 is 30.4 Å². The number of ketones is 1. The lowest BCUT2D eigenvalue weighted by Gasteiger charge is -2.31. The topological polar surface area (TPSA) is 77.8 Å². The monoisotopic (exact) mass is 333 g/mol. The minimum absolute atomic E-state index is 0.00292. The summed E-state index contributed by atoms with van der Waals surface area (Å²) in [4.78, 5) is 24.7. The third kappa shape index (κ3) is 3.10. The van der Waals surface area contributed by atoms with Crippen molar-refractivity contribution in [3.05, 3.63) is 29.1 Å². The maximum atomic E-state index is 14.7. The molecule has 1 saturated heterocycles. The van der Waals surface area contributed by atoms with Crippen LogP contribution in [0.3, 0.4) is 0 Å². The SMILES string of the molecule is Cc1cc(C2CC2)cc(B2C(O)C(=O)CC(C)CC(=O)N2O)c1F. The lowest BCUT2D eigenvalue weighted by molar-refractivity contribution is -0.151. The fourth-order valence-electron chi connectivity index (χ4n) is 3.39. The van der Waals surface area contributed by atoms with Crippen LogP contribution in [0, 0.1) is 18.7 Å². The number of hydroxylamine groups is 1. The van der Waals surface area contributed by atoms with E-state index >= 15 is 0 Å². The molecule has 1 aliphatic heterocycles. The first kappa shape index (κ1) is 17.1. The van der Waals surface area contributed by atoms with Crippen molar-refractivity contribution in [1.29, 1.82) is 0 Å². The fourth-order valence-corrected chi connectivity index (χ4v) is 3.39. The van der Waals surface area contributed by atoms with E-state index in [1.165, 1.54) is 0 Å². The van der Waals surface area contributed by atoms with E-state index in [1.807, 2.05) is 0 Å². The van der Waals surface area contributed by atoms with Crippen molar-refractivity contribution in [2.45, 2.75) is 51.5 Å². The third-order valence-corrected chi connectivity index (χ3v) is 4.89. The van der Waals surface area contributed by atoms with Crippen molar-refractivity contribution < 1.29 is 24.3 Å². The summed E-state index contributed by atoms with van der Waals surface area (Å²) in [7, 11) is 0. The summed E-state index contributed by atoms with van der Waals surface area (Å²) in [6.07, 6.45) is 2.03. The quantitative estimate of drug-likeness (QED) is 0.632. The average molecular weight is 333 g/mol. The van der Waals surface area contributed by atoms with Crippen LogP contribution < -0.4 is 5.46 Å². The van der Waals surface area contributed by atoms with Gasteiger partial charge in [0.2, 0.25) is 5.91 Å². The van der Waals surface area contributed by atoms with Gasteiger partial charge in [0.1, 0.15) is 11.8 Å². The molecule has 0 spiro atoms. The molecule has 2 N–H and O–H groups in total. The minimum atomic E-state index is -1.65. The molecule has 2 aliphatic rings. The van der Waals surface area contributed by atoms with Gasteiger partial charge in [-0.1, -0.05) is 19.1 Å². The Morgan fingerprint density at radius 1 is 1.25 bits per heavy atom. The molecule has 1 aromatic carbocycles. The normalized spacial score (nSPS) is 25.7. The Bertz CT molecular complexity index is 667. The van der Waals surface area contributed by atoms with Gasteiger partial charge in [0, 0.05) is 12.8 Å². The van der Waals surface area contributed by atoms with E-state index in [-0.39, 0.29) is 24.2 Å². The highest BCUT2D eigenvalue weighted by Crippen LogP contribution is 2.40. The van der Waals surface area contributed by atoms with Crippen LogP contribution in [-0.4, -0.2) is 39.8 Å². The Morgan fingerprint density at radius 2 is 1.92 bits per heavy atom. The molecule has 1 aromatic rings. The predicted molar refractivity (Wildman–Crippen MR) is 86.5 cm³/mol. The number of aliphatic hydroxyl groups excluding tert-OH is 1. The molecule has 0 radical (unpaired) electrons. The first-order valence-electron chi connectivity index (χ1n) is 8.31. The van der Waals surface area contributed by atoms with Gasteiger partial charge in [-0.05, 0) is 48.2 Å². The highest BCUT2D eigenvalue weighted by Gasteiger charge is 2.44. The Morgan fingerprint density at radius 3 is 2.54 bits per heavy atom. The summed E-state index contributed by atoms with van der Waals surface area (Å²) in [5.74, 6) is -1.65. The van der Waals surface area contributed by atoms with Crippen molar-refractivity contribution in [3.63, 3.8) is 0 Å². The highest BCUT2D eigenvalue weighted by atomic mass is 19.1. The molecule has 2 unspecified atom stereocenters. The van der Waals surface area contributed by atoms with Gasteiger partial charge in [-0.2, -0.15) is 0 Å². The van der Waals surface area contributed by atoms with Gasteiger partial charge in [-0.3, -0.25) is 19.8 Å². The van der Waals surface area contributed by atoms with Gasteiger partial charge in [-0.25, -0.2) is 4.39 Å². The number of carbonyl (C=O) groups is 2. The van der Waals surface area contributed by atoms with Gasteiger partial charge in [0.05, 0.1) is 0 Å². The average Bonchev–Trinajstić information content (AvgIpc) is 3.34. The van der Waals surface area contributed by atoms with Crippen molar-refractivity contribution >= 4 is 24.0 Å². The number of rotatable bonds is 2. The molecule has 0 aromatic heterocycles. The molecule has 1 heterocycles. The van der Waals surface area contributed by atoms with E-state index in [1.54, 1.807) is 26.0 Å². The second-order valence-electron chi connectivity index (χ2n) is 7.12. The number of aryl methyl sites for hydroxylation is 1. The molecule has 2 fully saturated rings. The second-order valence-corrected chi connectivity index (χ2v) is 7.12. The van der Waals surface area contributed by atoms with Crippen molar-refractivity contribution in [1.82, 2.24) is 4.97 Å². The van der Waals surface area contributed by atoms with Crippen molar-refractivity contribution in [2.24, 2.45) is 5.92 Å². The molecule has 24 heavy (non-hydrogen) atoms. The summed E-state index contributed by atoms with van der Waals surface area (Å²) in [5, 5.41) is 20.7. The zero-order chi connectivity index (χ0) is 17.6. The van der Waals surface area contributed by atoms with Gasteiger partial charge in [0.25, 0.3) is 0 Å². The number of aliphatic hydroxyl groups is 1. The summed E-state index contributed by atoms with van der Waals surface area (Å²) in [5.41, 5.74) is 1.30. The Labute approximate surface area is 140 Å². The maximum Gasteiger partial charge on any atom is 0.365 e. The molecule has 0 bridgehead atoms. The first-order valence-corrected chi connectivity index (χ1v) is 8.31. The number of carbonyl (C=O) groups excluding carboxylic acids is 2. The Balaban J connectivity index is 2.07. The molecule has 1 amide bonds. The molecule has 7 heteroatoms. The van der Waals surface area contributed by atoms with Gasteiger partial charge in [0.15, 0.2) is 5.78 Å². The highest BCUT2D eigenvalue weighted by molar-refractivity contribution is 6.76. The predicted octanol–water partition coefficient (Wildman–Crippen LogP) is 1.33. The molecule has 5 nitrogen and oxygen atoms in total. The molecular weight excluding hydrogens is 312 g/mol. The van der Waals surface area contributed by atoms with Crippen LogP contribution in [0.15, 0.2) is 12.1 Å². The summed E-state index contributed by atoms with van der Waals surface area (Å²) in [6, 6.07) is 1.67. The van der Waals surface area contributed by atoms with E-state index in [4.69, 9.17) is 0 Å². The third-order valence-electron chi connectivity index (χ3n) is 4.89. The number of amides is 1. The van der Waals surface area contributed by atoms with Crippen LogP contribution >= 0.6 is 0 Å². The van der Waals surface area contributed by atoms with Gasteiger partial charge >= 0.3 is 6.85 Å². The van der Waals surface area contributed by atoms with Gasteiger partial charge < -0.3 is 5.11 Å². The fraction of sp³-hybridized carbons (Fsp3) is 0.529. The van der Waals surface area contributed by atoms with Crippen LogP contribution in [0.5, 0.6) is 0 Å². The summed E-state index contributed by atoms with van der Waals surface area (Å²) >= 11 is 0.